The summed E-state index contributed by atoms with van der Waals surface area (Å²) in [5.74, 6) is -0.501. The SMILES string of the molecule is COC(=O)c1ccc(C(=O)CCC(O)c2ccc3cccc(C)c3c2)cc1. The van der Waals surface area contributed by atoms with Crippen LogP contribution in [-0.4, -0.2) is 24.0 Å². The number of aryl methyl sites for hydroxylation is 1. The molecule has 0 saturated heterocycles. The van der Waals surface area contributed by atoms with Crippen molar-refractivity contribution in [3.05, 3.63) is 82.9 Å². The number of fused-ring (bicyclic) bond motifs is 1. The summed E-state index contributed by atoms with van der Waals surface area (Å²) in [5, 5.41) is 12.7. The minimum Gasteiger partial charge on any atom is -0.465 e. The number of aliphatic hydroxyl groups is 1. The molecule has 4 heteroatoms. The number of ketones is 1. The van der Waals surface area contributed by atoms with E-state index in [2.05, 4.69) is 4.74 Å². The molecule has 0 bridgehead atoms. The number of carbonyl (C=O) groups is 2. The number of rotatable bonds is 6. The van der Waals surface area contributed by atoms with Crippen molar-refractivity contribution in [3.63, 3.8) is 0 Å². The molecule has 3 aromatic carbocycles. The number of aliphatic hydroxyl groups excluding tert-OH is 1. The van der Waals surface area contributed by atoms with Crippen molar-refractivity contribution >= 4 is 22.5 Å². The lowest BCUT2D eigenvalue weighted by Gasteiger charge is -2.12. The molecule has 3 rings (SSSR count). The lowest BCUT2D eigenvalue weighted by atomic mass is 9.96. The summed E-state index contributed by atoms with van der Waals surface area (Å²) in [6.45, 7) is 2.04. The second-order valence-corrected chi connectivity index (χ2v) is 6.60. The Morgan fingerprint density at radius 3 is 2.41 bits per heavy atom. The van der Waals surface area contributed by atoms with Gasteiger partial charge in [-0.2, -0.15) is 0 Å². The molecule has 0 aromatic heterocycles. The van der Waals surface area contributed by atoms with Gasteiger partial charge < -0.3 is 9.84 Å². The highest BCUT2D eigenvalue weighted by molar-refractivity contribution is 5.97. The zero-order chi connectivity index (χ0) is 19.4. The first kappa shape index (κ1) is 18.8. The number of esters is 1. The Balaban J connectivity index is 1.66. The number of methoxy groups -OCH3 is 1. The number of benzene rings is 3. The van der Waals surface area contributed by atoms with E-state index in [0.717, 1.165) is 21.9 Å². The molecule has 0 heterocycles. The molecule has 3 aromatic rings. The normalized spacial score (nSPS) is 12.0. The third-order valence-corrected chi connectivity index (χ3v) is 4.78. The molecule has 0 fully saturated rings. The lowest BCUT2D eigenvalue weighted by molar-refractivity contribution is 0.0600. The van der Waals surface area contributed by atoms with Crippen LogP contribution in [-0.2, 0) is 4.74 Å². The van der Waals surface area contributed by atoms with Gasteiger partial charge in [-0.15, -0.1) is 0 Å². The Labute approximate surface area is 158 Å². The van der Waals surface area contributed by atoms with E-state index < -0.39 is 12.1 Å². The molecule has 4 nitrogen and oxygen atoms in total. The minimum atomic E-state index is -0.702. The van der Waals surface area contributed by atoms with Gasteiger partial charge in [-0.1, -0.05) is 42.5 Å². The zero-order valence-electron chi connectivity index (χ0n) is 15.4. The van der Waals surface area contributed by atoms with Crippen molar-refractivity contribution in [3.8, 4) is 0 Å². The highest BCUT2D eigenvalue weighted by atomic mass is 16.5. The Bertz CT molecular complexity index is 973. The van der Waals surface area contributed by atoms with Crippen LogP contribution < -0.4 is 0 Å². The lowest BCUT2D eigenvalue weighted by Crippen LogP contribution is -2.06. The van der Waals surface area contributed by atoms with Crippen molar-refractivity contribution in [2.75, 3.05) is 7.11 Å². The largest absolute Gasteiger partial charge is 0.465 e. The summed E-state index contributed by atoms with van der Waals surface area (Å²) in [4.78, 5) is 23.8. The predicted molar refractivity (Wildman–Crippen MR) is 105 cm³/mol. The molecule has 0 spiro atoms. The summed E-state index contributed by atoms with van der Waals surface area (Å²) < 4.78 is 4.65. The molecule has 1 atom stereocenters. The van der Waals surface area contributed by atoms with Crippen molar-refractivity contribution in [2.24, 2.45) is 0 Å². The van der Waals surface area contributed by atoms with E-state index in [4.69, 9.17) is 0 Å². The van der Waals surface area contributed by atoms with Crippen molar-refractivity contribution < 1.29 is 19.4 Å². The van der Waals surface area contributed by atoms with E-state index in [1.807, 2.05) is 43.3 Å². The molecule has 0 aliphatic heterocycles. The van der Waals surface area contributed by atoms with Gasteiger partial charge in [0.05, 0.1) is 18.8 Å². The maximum atomic E-state index is 12.4. The van der Waals surface area contributed by atoms with Crippen LogP contribution in [0, 0.1) is 6.92 Å². The van der Waals surface area contributed by atoms with E-state index in [1.165, 1.54) is 7.11 Å². The first-order valence-corrected chi connectivity index (χ1v) is 8.88. The first-order valence-electron chi connectivity index (χ1n) is 8.88. The summed E-state index contributed by atoms with van der Waals surface area (Å²) >= 11 is 0. The van der Waals surface area contributed by atoms with Crippen LogP contribution in [0.5, 0.6) is 0 Å². The minimum absolute atomic E-state index is 0.0672. The molecule has 138 valence electrons. The Morgan fingerprint density at radius 1 is 1.00 bits per heavy atom. The third-order valence-electron chi connectivity index (χ3n) is 4.78. The number of hydrogen-bond donors (Lipinski definition) is 1. The van der Waals surface area contributed by atoms with Gasteiger partial charge in [0, 0.05) is 12.0 Å². The maximum absolute atomic E-state index is 12.4. The fourth-order valence-electron chi connectivity index (χ4n) is 3.14. The van der Waals surface area contributed by atoms with Crippen molar-refractivity contribution in [2.45, 2.75) is 25.9 Å². The first-order chi connectivity index (χ1) is 13.0. The topological polar surface area (TPSA) is 63.6 Å². The molecular weight excluding hydrogens is 340 g/mol. The molecule has 0 aliphatic rings. The van der Waals surface area contributed by atoms with Gasteiger partial charge in [0.1, 0.15) is 0 Å². The van der Waals surface area contributed by atoms with Crippen LogP contribution in [0.1, 0.15) is 50.8 Å². The second-order valence-electron chi connectivity index (χ2n) is 6.60. The Morgan fingerprint density at radius 2 is 1.70 bits per heavy atom. The average Bonchev–Trinajstić information content (AvgIpc) is 2.71. The fourth-order valence-corrected chi connectivity index (χ4v) is 3.14. The van der Waals surface area contributed by atoms with Crippen LogP contribution in [0.15, 0.2) is 60.7 Å². The maximum Gasteiger partial charge on any atom is 0.337 e. The Hall–Kier alpha value is -2.98. The molecule has 0 saturated carbocycles. The van der Waals surface area contributed by atoms with Gasteiger partial charge in [-0.3, -0.25) is 4.79 Å². The van der Waals surface area contributed by atoms with Crippen molar-refractivity contribution in [1.82, 2.24) is 0 Å². The van der Waals surface area contributed by atoms with Gasteiger partial charge in [0.25, 0.3) is 0 Å². The van der Waals surface area contributed by atoms with Gasteiger partial charge in [-0.25, -0.2) is 4.79 Å². The second kappa shape index (κ2) is 8.14. The summed E-state index contributed by atoms with van der Waals surface area (Å²) in [6.07, 6.45) is -0.133. The van der Waals surface area contributed by atoms with Crippen LogP contribution in [0.25, 0.3) is 10.8 Å². The molecular formula is C23H22O4. The highest BCUT2D eigenvalue weighted by Gasteiger charge is 2.14. The van der Waals surface area contributed by atoms with E-state index in [1.54, 1.807) is 24.3 Å². The van der Waals surface area contributed by atoms with E-state index in [9.17, 15) is 14.7 Å². The molecule has 0 aliphatic carbocycles. The molecule has 0 amide bonds. The summed E-state index contributed by atoms with van der Waals surface area (Å²) in [6, 6.07) is 18.4. The quantitative estimate of drug-likeness (QED) is 0.513. The highest BCUT2D eigenvalue weighted by Crippen LogP contribution is 2.26. The average molecular weight is 362 g/mol. The van der Waals surface area contributed by atoms with Gasteiger partial charge in [0.2, 0.25) is 0 Å². The van der Waals surface area contributed by atoms with Crippen LogP contribution in [0.2, 0.25) is 0 Å². The number of hydrogen-bond acceptors (Lipinski definition) is 4. The van der Waals surface area contributed by atoms with E-state index in [-0.39, 0.29) is 12.2 Å². The Kier molecular flexibility index (Phi) is 5.67. The molecule has 1 unspecified atom stereocenters. The zero-order valence-corrected chi connectivity index (χ0v) is 15.4. The molecule has 1 N–H and O–H groups in total. The standard InChI is InChI=1S/C23H22O4/c1-15-4-3-5-16-6-11-19(14-20(15)16)22(25)13-12-21(24)17-7-9-18(10-8-17)23(26)27-2/h3-11,14,22,25H,12-13H2,1-2H3. The van der Waals surface area contributed by atoms with Gasteiger partial charge >= 0.3 is 5.97 Å². The summed E-state index contributed by atoms with van der Waals surface area (Å²) in [7, 11) is 1.32. The van der Waals surface area contributed by atoms with E-state index in [0.29, 0.717) is 17.5 Å². The van der Waals surface area contributed by atoms with Gasteiger partial charge in [0.15, 0.2) is 5.78 Å². The van der Waals surface area contributed by atoms with Crippen molar-refractivity contribution in [1.29, 1.82) is 0 Å². The smallest absolute Gasteiger partial charge is 0.337 e. The fraction of sp³-hybridized carbons (Fsp3) is 0.217. The van der Waals surface area contributed by atoms with Gasteiger partial charge in [-0.05, 0) is 53.4 Å². The van der Waals surface area contributed by atoms with Crippen LogP contribution in [0.4, 0.5) is 0 Å². The third kappa shape index (κ3) is 4.23. The number of carbonyl (C=O) groups excluding carboxylic acids is 2. The van der Waals surface area contributed by atoms with Crippen LogP contribution >= 0.6 is 0 Å². The predicted octanol–water partition coefficient (Wildman–Crippen LogP) is 4.63. The number of ether oxygens (including phenoxy) is 1. The molecule has 0 radical (unpaired) electrons. The monoisotopic (exact) mass is 362 g/mol. The number of Topliss-reactive ketones (excluding diaryl/α,β-unsaturated/α-hetero) is 1. The molecule has 27 heavy (non-hydrogen) atoms. The van der Waals surface area contributed by atoms with Crippen LogP contribution in [0.3, 0.4) is 0 Å². The summed E-state index contributed by atoms with van der Waals surface area (Å²) in [5.41, 5.74) is 2.89. The van der Waals surface area contributed by atoms with E-state index >= 15 is 0 Å².